The van der Waals surface area contributed by atoms with Crippen LogP contribution in [0.5, 0.6) is 0 Å². The van der Waals surface area contributed by atoms with E-state index in [4.69, 9.17) is 0 Å². The first-order valence-electron chi connectivity index (χ1n) is 5.35. The van der Waals surface area contributed by atoms with Crippen molar-refractivity contribution in [3.8, 4) is 11.4 Å². The van der Waals surface area contributed by atoms with Crippen molar-refractivity contribution in [2.75, 3.05) is 6.26 Å². The summed E-state index contributed by atoms with van der Waals surface area (Å²) in [6.07, 6.45) is 4.47. The Bertz CT molecular complexity index is 610. The van der Waals surface area contributed by atoms with Crippen LogP contribution in [-0.2, 0) is 16.6 Å². The molecule has 0 bridgehead atoms. The second-order valence-corrected chi connectivity index (χ2v) is 5.69. The van der Waals surface area contributed by atoms with Crippen molar-refractivity contribution in [3.63, 3.8) is 0 Å². The summed E-state index contributed by atoms with van der Waals surface area (Å²) in [6.45, 7) is 0.244. The maximum Gasteiger partial charge on any atom is 0.209 e. The average molecular weight is 263 g/mol. The molecule has 0 fully saturated rings. The first-order chi connectivity index (χ1) is 8.54. The van der Waals surface area contributed by atoms with Gasteiger partial charge in [0.25, 0.3) is 0 Å². The lowest BCUT2D eigenvalue weighted by Crippen LogP contribution is -2.21. The predicted molar refractivity (Wildman–Crippen MR) is 69.2 cm³/mol. The van der Waals surface area contributed by atoms with Crippen LogP contribution in [0.3, 0.4) is 0 Å². The highest BCUT2D eigenvalue weighted by molar-refractivity contribution is 7.88. The monoisotopic (exact) mass is 263 g/mol. The molecule has 0 atom stereocenters. The number of hydrogen-bond acceptors (Lipinski definition) is 4. The Hall–Kier alpha value is -1.79. The van der Waals surface area contributed by atoms with Gasteiger partial charge in [-0.1, -0.05) is 12.1 Å². The first-order valence-corrected chi connectivity index (χ1v) is 7.25. The van der Waals surface area contributed by atoms with Crippen LogP contribution in [0, 0.1) is 0 Å². The third-order valence-corrected chi connectivity index (χ3v) is 2.96. The first kappa shape index (κ1) is 12.7. The van der Waals surface area contributed by atoms with Crippen molar-refractivity contribution >= 4 is 10.0 Å². The lowest BCUT2D eigenvalue weighted by atomic mass is 10.2. The Morgan fingerprint density at radius 1 is 1.11 bits per heavy atom. The lowest BCUT2D eigenvalue weighted by Gasteiger charge is -2.03. The van der Waals surface area contributed by atoms with Gasteiger partial charge in [0.2, 0.25) is 10.0 Å². The zero-order chi connectivity index (χ0) is 13.0. The highest BCUT2D eigenvalue weighted by atomic mass is 32.2. The van der Waals surface area contributed by atoms with Crippen LogP contribution in [0.2, 0.25) is 0 Å². The van der Waals surface area contributed by atoms with Gasteiger partial charge in [-0.25, -0.2) is 13.1 Å². The molecule has 0 radical (unpaired) electrons. The molecule has 2 aromatic rings. The molecule has 0 saturated carbocycles. The Morgan fingerprint density at radius 2 is 1.89 bits per heavy atom. The minimum atomic E-state index is -3.17. The van der Waals surface area contributed by atoms with Crippen molar-refractivity contribution in [2.24, 2.45) is 0 Å². The van der Waals surface area contributed by atoms with E-state index in [1.165, 1.54) is 0 Å². The minimum Gasteiger partial charge on any atom is -0.255 e. The molecule has 94 valence electrons. The Morgan fingerprint density at radius 3 is 2.44 bits per heavy atom. The summed E-state index contributed by atoms with van der Waals surface area (Å²) in [5, 5.41) is 0. The van der Waals surface area contributed by atoms with E-state index in [9.17, 15) is 8.42 Å². The number of rotatable bonds is 4. The van der Waals surface area contributed by atoms with E-state index in [1.54, 1.807) is 12.4 Å². The highest BCUT2D eigenvalue weighted by Gasteiger charge is 2.03. The van der Waals surface area contributed by atoms with E-state index < -0.39 is 10.0 Å². The van der Waals surface area contributed by atoms with E-state index in [-0.39, 0.29) is 6.54 Å². The summed E-state index contributed by atoms with van der Waals surface area (Å²) in [6, 6.07) is 9.25. The molecule has 0 aliphatic carbocycles. The predicted octanol–water partition coefficient (Wildman–Crippen LogP) is 1.19. The van der Waals surface area contributed by atoms with Gasteiger partial charge in [-0.3, -0.25) is 9.97 Å². The van der Waals surface area contributed by atoms with Crippen LogP contribution in [-0.4, -0.2) is 24.6 Å². The van der Waals surface area contributed by atoms with E-state index in [1.807, 2.05) is 30.3 Å². The molecule has 2 aromatic heterocycles. The van der Waals surface area contributed by atoms with Gasteiger partial charge < -0.3 is 0 Å². The summed E-state index contributed by atoms with van der Waals surface area (Å²) in [5.41, 5.74) is 2.36. The van der Waals surface area contributed by atoms with Crippen LogP contribution in [0.25, 0.3) is 11.4 Å². The summed E-state index contributed by atoms with van der Waals surface area (Å²) >= 11 is 0. The maximum atomic E-state index is 11.0. The topological polar surface area (TPSA) is 72.0 Å². The van der Waals surface area contributed by atoms with Gasteiger partial charge in [-0.05, 0) is 23.8 Å². The average Bonchev–Trinajstić information content (AvgIpc) is 2.37. The summed E-state index contributed by atoms with van der Waals surface area (Å²) < 4.78 is 24.3. The highest BCUT2D eigenvalue weighted by Crippen LogP contribution is 2.13. The molecule has 0 saturated heterocycles. The number of nitrogens with one attached hydrogen (secondary N) is 1. The van der Waals surface area contributed by atoms with Crippen LogP contribution >= 0.6 is 0 Å². The second kappa shape index (κ2) is 5.24. The number of sulfonamides is 1. The van der Waals surface area contributed by atoms with Crippen molar-refractivity contribution in [1.82, 2.24) is 14.7 Å². The smallest absolute Gasteiger partial charge is 0.209 e. The van der Waals surface area contributed by atoms with Crippen LogP contribution in [0.15, 0.2) is 42.7 Å². The van der Waals surface area contributed by atoms with Crippen LogP contribution in [0.1, 0.15) is 5.56 Å². The maximum absolute atomic E-state index is 11.0. The normalized spacial score (nSPS) is 11.4. The summed E-state index contributed by atoms with van der Waals surface area (Å²) in [7, 11) is -3.17. The third-order valence-electron chi connectivity index (χ3n) is 2.29. The SMILES string of the molecule is CS(=O)(=O)NCc1ccc(-c2ccccn2)nc1. The molecule has 0 amide bonds. The Labute approximate surface area is 106 Å². The molecular weight excluding hydrogens is 250 g/mol. The van der Waals surface area contributed by atoms with Crippen molar-refractivity contribution < 1.29 is 8.42 Å². The quantitative estimate of drug-likeness (QED) is 0.899. The Balaban J connectivity index is 2.11. The molecule has 0 aromatic carbocycles. The van der Waals surface area contributed by atoms with Gasteiger partial charge >= 0.3 is 0 Å². The largest absolute Gasteiger partial charge is 0.255 e. The molecule has 0 aliphatic heterocycles. The van der Waals surface area contributed by atoms with E-state index in [0.717, 1.165) is 23.2 Å². The number of pyridine rings is 2. The zero-order valence-corrected chi connectivity index (χ0v) is 10.7. The van der Waals surface area contributed by atoms with Crippen molar-refractivity contribution in [1.29, 1.82) is 0 Å². The van der Waals surface area contributed by atoms with Gasteiger partial charge in [0.05, 0.1) is 17.6 Å². The fourth-order valence-electron chi connectivity index (χ4n) is 1.41. The van der Waals surface area contributed by atoms with Crippen LogP contribution in [0.4, 0.5) is 0 Å². The van der Waals surface area contributed by atoms with Gasteiger partial charge in [0.1, 0.15) is 0 Å². The third kappa shape index (κ3) is 3.61. The molecular formula is C12H13N3O2S. The Kier molecular flexibility index (Phi) is 3.69. The van der Waals surface area contributed by atoms with Gasteiger partial charge in [-0.15, -0.1) is 0 Å². The number of hydrogen-bond donors (Lipinski definition) is 1. The van der Waals surface area contributed by atoms with Gasteiger partial charge in [-0.2, -0.15) is 0 Å². The van der Waals surface area contributed by atoms with E-state index in [2.05, 4.69) is 14.7 Å². The molecule has 0 unspecified atom stereocenters. The molecule has 2 rings (SSSR count). The van der Waals surface area contributed by atoms with E-state index in [0.29, 0.717) is 0 Å². The van der Waals surface area contributed by atoms with Crippen molar-refractivity contribution in [2.45, 2.75) is 6.54 Å². The fourth-order valence-corrected chi connectivity index (χ4v) is 1.84. The van der Waals surface area contributed by atoms with E-state index >= 15 is 0 Å². The standard InChI is InChI=1S/C12H13N3O2S/c1-18(16,17)15-9-10-5-6-12(14-8-10)11-4-2-3-7-13-11/h2-8,15H,9H2,1H3. The lowest BCUT2D eigenvalue weighted by molar-refractivity contribution is 0.587. The van der Waals surface area contributed by atoms with Gasteiger partial charge in [0.15, 0.2) is 0 Å². The fraction of sp³-hybridized carbons (Fsp3) is 0.167. The van der Waals surface area contributed by atoms with Crippen molar-refractivity contribution in [3.05, 3.63) is 48.3 Å². The minimum absolute atomic E-state index is 0.244. The molecule has 18 heavy (non-hydrogen) atoms. The summed E-state index contributed by atoms with van der Waals surface area (Å²) in [5.74, 6) is 0. The molecule has 6 heteroatoms. The number of aromatic nitrogens is 2. The van der Waals surface area contributed by atoms with Gasteiger partial charge in [0, 0.05) is 18.9 Å². The second-order valence-electron chi connectivity index (χ2n) is 3.86. The summed E-state index contributed by atoms with van der Waals surface area (Å²) in [4.78, 5) is 8.44. The molecule has 1 N–H and O–H groups in total. The molecule has 2 heterocycles. The zero-order valence-electron chi connectivity index (χ0n) is 9.87. The molecule has 0 spiro atoms. The molecule has 0 aliphatic rings. The van der Waals surface area contributed by atoms with Crippen LogP contribution < -0.4 is 4.72 Å². The number of nitrogens with zero attached hydrogens (tertiary/aromatic N) is 2. The molecule has 5 nitrogen and oxygen atoms in total.